The molecule has 0 saturated carbocycles. The van der Waals surface area contributed by atoms with E-state index in [1.165, 1.54) is 11.1 Å². The second-order valence-corrected chi connectivity index (χ2v) is 4.40. The smallest absolute Gasteiger partial charge is 0.156 e. The molecule has 1 N–H and O–H groups in total. The molecule has 0 fully saturated rings. The standard InChI is InChI=1S/C13H14N4/c1-8-6-9(2)12-10(7-8)15-13(16-12)11-4-5-14-17(11)3/h4-7H,1-3H3,(H,15,16). The van der Waals surface area contributed by atoms with Crippen LogP contribution in [-0.2, 0) is 7.05 Å². The number of hydrogen-bond donors (Lipinski definition) is 1. The first-order valence-corrected chi connectivity index (χ1v) is 5.60. The summed E-state index contributed by atoms with van der Waals surface area (Å²) in [6, 6.07) is 6.23. The Hall–Kier alpha value is -2.10. The van der Waals surface area contributed by atoms with Crippen LogP contribution >= 0.6 is 0 Å². The fourth-order valence-electron chi connectivity index (χ4n) is 2.20. The van der Waals surface area contributed by atoms with E-state index in [-0.39, 0.29) is 0 Å². The summed E-state index contributed by atoms with van der Waals surface area (Å²) >= 11 is 0. The average Bonchev–Trinajstić information content (AvgIpc) is 2.83. The minimum Gasteiger partial charge on any atom is -0.337 e. The molecule has 0 amide bonds. The number of aromatic nitrogens is 4. The number of nitrogens with zero attached hydrogens (tertiary/aromatic N) is 3. The number of hydrogen-bond acceptors (Lipinski definition) is 2. The van der Waals surface area contributed by atoms with Gasteiger partial charge in [0.2, 0.25) is 0 Å². The number of aromatic amines is 1. The van der Waals surface area contributed by atoms with Crippen molar-refractivity contribution < 1.29 is 0 Å². The molecule has 0 saturated heterocycles. The minimum atomic E-state index is 0.869. The molecule has 86 valence electrons. The van der Waals surface area contributed by atoms with Gasteiger partial charge in [0, 0.05) is 13.2 Å². The van der Waals surface area contributed by atoms with Crippen LogP contribution < -0.4 is 0 Å². The lowest BCUT2D eigenvalue weighted by molar-refractivity contribution is 0.771. The van der Waals surface area contributed by atoms with E-state index in [9.17, 15) is 0 Å². The highest BCUT2D eigenvalue weighted by Crippen LogP contribution is 2.23. The highest BCUT2D eigenvalue weighted by molar-refractivity contribution is 5.82. The fraction of sp³-hybridized carbons (Fsp3) is 0.231. The van der Waals surface area contributed by atoms with Gasteiger partial charge in [0.15, 0.2) is 5.82 Å². The molecule has 0 spiro atoms. The van der Waals surface area contributed by atoms with E-state index in [4.69, 9.17) is 0 Å². The molecule has 0 bridgehead atoms. The molecule has 0 aliphatic rings. The molecule has 2 aromatic heterocycles. The van der Waals surface area contributed by atoms with E-state index in [0.29, 0.717) is 0 Å². The van der Waals surface area contributed by atoms with Gasteiger partial charge in [0.25, 0.3) is 0 Å². The SMILES string of the molecule is Cc1cc(C)c2nc(-c3ccnn3C)[nH]c2c1. The minimum absolute atomic E-state index is 0.869. The van der Waals surface area contributed by atoms with Gasteiger partial charge >= 0.3 is 0 Å². The quantitative estimate of drug-likeness (QED) is 0.693. The van der Waals surface area contributed by atoms with Crippen LogP contribution in [0, 0.1) is 13.8 Å². The number of imidazole rings is 1. The molecule has 4 heteroatoms. The summed E-state index contributed by atoms with van der Waals surface area (Å²) in [5.41, 5.74) is 5.56. The normalized spacial score (nSPS) is 11.2. The molecule has 0 aliphatic heterocycles. The summed E-state index contributed by atoms with van der Waals surface area (Å²) in [5, 5.41) is 4.16. The summed E-state index contributed by atoms with van der Waals surface area (Å²) in [7, 11) is 1.92. The van der Waals surface area contributed by atoms with Crippen molar-refractivity contribution >= 4 is 11.0 Å². The van der Waals surface area contributed by atoms with E-state index in [0.717, 1.165) is 22.6 Å². The molecule has 0 aliphatic carbocycles. The number of H-pyrrole nitrogens is 1. The maximum Gasteiger partial charge on any atom is 0.156 e. The maximum absolute atomic E-state index is 4.64. The fourth-order valence-corrected chi connectivity index (χ4v) is 2.20. The monoisotopic (exact) mass is 226 g/mol. The number of fused-ring (bicyclic) bond motifs is 1. The van der Waals surface area contributed by atoms with Crippen LogP contribution in [0.5, 0.6) is 0 Å². The van der Waals surface area contributed by atoms with Crippen molar-refractivity contribution in [3.63, 3.8) is 0 Å². The lowest BCUT2D eigenvalue weighted by Crippen LogP contribution is -1.94. The number of aryl methyl sites for hydroxylation is 3. The first-order chi connectivity index (χ1) is 8.15. The first-order valence-electron chi connectivity index (χ1n) is 5.60. The third-order valence-corrected chi connectivity index (χ3v) is 2.99. The Kier molecular flexibility index (Phi) is 2.04. The molecular formula is C13H14N4. The van der Waals surface area contributed by atoms with Gasteiger partial charge in [-0.05, 0) is 37.1 Å². The van der Waals surface area contributed by atoms with Crippen LogP contribution in [0.15, 0.2) is 24.4 Å². The number of benzene rings is 1. The molecule has 3 rings (SSSR count). The molecule has 0 atom stereocenters. The van der Waals surface area contributed by atoms with Gasteiger partial charge in [-0.2, -0.15) is 5.10 Å². The third-order valence-electron chi connectivity index (χ3n) is 2.99. The van der Waals surface area contributed by atoms with E-state index >= 15 is 0 Å². The van der Waals surface area contributed by atoms with Crippen molar-refractivity contribution in [2.45, 2.75) is 13.8 Å². The van der Waals surface area contributed by atoms with Crippen LogP contribution in [0.1, 0.15) is 11.1 Å². The van der Waals surface area contributed by atoms with Crippen molar-refractivity contribution in [1.82, 2.24) is 19.7 Å². The zero-order chi connectivity index (χ0) is 12.0. The van der Waals surface area contributed by atoms with Crippen LogP contribution in [0.3, 0.4) is 0 Å². The summed E-state index contributed by atoms with van der Waals surface area (Å²) < 4.78 is 1.82. The molecule has 0 radical (unpaired) electrons. The van der Waals surface area contributed by atoms with Crippen LogP contribution in [0.4, 0.5) is 0 Å². The van der Waals surface area contributed by atoms with Gasteiger partial charge in [-0.3, -0.25) is 4.68 Å². The molecule has 17 heavy (non-hydrogen) atoms. The Bertz CT molecular complexity index is 691. The second-order valence-electron chi connectivity index (χ2n) is 4.40. The van der Waals surface area contributed by atoms with Crippen LogP contribution in [-0.4, -0.2) is 19.7 Å². The van der Waals surface area contributed by atoms with Crippen molar-refractivity contribution in [2.24, 2.45) is 7.05 Å². The van der Waals surface area contributed by atoms with E-state index in [2.05, 4.69) is 41.0 Å². The highest BCUT2D eigenvalue weighted by atomic mass is 15.3. The topological polar surface area (TPSA) is 46.5 Å². The summed E-state index contributed by atoms with van der Waals surface area (Å²) in [4.78, 5) is 7.99. The average molecular weight is 226 g/mol. The second kappa shape index (κ2) is 3.45. The van der Waals surface area contributed by atoms with Gasteiger partial charge in [0.05, 0.1) is 11.0 Å². The van der Waals surface area contributed by atoms with E-state index in [1.807, 2.05) is 17.8 Å². The van der Waals surface area contributed by atoms with Gasteiger partial charge < -0.3 is 4.98 Å². The van der Waals surface area contributed by atoms with Gasteiger partial charge in [-0.25, -0.2) is 4.98 Å². The van der Waals surface area contributed by atoms with Crippen molar-refractivity contribution in [2.75, 3.05) is 0 Å². The Morgan fingerprint density at radius 2 is 2.06 bits per heavy atom. The highest BCUT2D eigenvalue weighted by Gasteiger charge is 2.10. The Labute approximate surface area is 99.3 Å². The Balaban J connectivity index is 2.27. The van der Waals surface area contributed by atoms with Crippen molar-refractivity contribution in [3.05, 3.63) is 35.5 Å². The molecule has 4 nitrogen and oxygen atoms in total. The zero-order valence-electron chi connectivity index (χ0n) is 10.2. The molecule has 1 aromatic carbocycles. The maximum atomic E-state index is 4.64. The lowest BCUT2D eigenvalue weighted by atomic mass is 10.1. The third kappa shape index (κ3) is 1.53. The van der Waals surface area contributed by atoms with Gasteiger partial charge in [-0.15, -0.1) is 0 Å². The van der Waals surface area contributed by atoms with Crippen LogP contribution in [0.2, 0.25) is 0 Å². The lowest BCUT2D eigenvalue weighted by Gasteiger charge is -1.96. The first kappa shape index (κ1) is 10.1. The van der Waals surface area contributed by atoms with Gasteiger partial charge in [0.1, 0.15) is 5.69 Å². The molecule has 3 aromatic rings. The largest absolute Gasteiger partial charge is 0.337 e. The number of rotatable bonds is 1. The zero-order valence-corrected chi connectivity index (χ0v) is 10.2. The van der Waals surface area contributed by atoms with E-state index in [1.54, 1.807) is 6.20 Å². The summed E-state index contributed by atoms with van der Waals surface area (Å²) in [6.07, 6.45) is 1.78. The van der Waals surface area contributed by atoms with Crippen molar-refractivity contribution in [1.29, 1.82) is 0 Å². The van der Waals surface area contributed by atoms with Gasteiger partial charge in [-0.1, -0.05) is 6.07 Å². The summed E-state index contributed by atoms with van der Waals surface area (Å²) in [5.74, 6) is 0.869. The molecule has 2 heterocycles. The Morgan fingerprint density at radius 3 is 2.76 bits per heavy atom. The number of nitrogens with one attached hydrogen (secondary N) is 1. The molecular weight excluding hydrogens is 212 g/mol. The predicted octanol–water partition coefficient (Wildman–Crippen LogP) is 2.58. The van der Waals surface area contributed by atoms with Crippen molar-refractivity contribution in [3.8, 4) is 11.5 Å². The Morgan fingerprint density at radius 1 is 1.24 bits per heavy atom. The van der Waals surface area contributed by atoms with Crippen LogP contribution in [0.25, 0.3) is 22.6 Å². The predicted molar refractivity (Wildman–Crippen MR) is 67.8 cm³/mol. The summed E-state index contributed by atoms with van der Waals surface area (Å²) in [6.45, 7) is 4.18. The molecule has 0 unspecified atom stereocenters. The van der Waals surface area contributed by atoms with E-state index < -0.39 is 0 Å².